The minimum absolute atomic E-state index is 0.418. The molecule has 0 heterocycles. The van der Waals surface area contributed by atoms with Gasteiger partial charge in [-0.2, -0.15) is 0 Å². The van der Waals surface area contributed by atoms with E-state index in [0.717, 1.165) is 12.8 Å². The van der Waals surface area contributed by atoms with Gasteiger partial charge < -0.3 is 0 Å². The second-order valence-electron chi connectivity index (χ2n) is 6.54. The molecule has 1 aliphatic rings. The first-order valence-electron chi connectivity index (χ1n) is 8.92. The molecule has 0 aliphatic heterocycles. The molecule has 0 saturated carbocycles. The molecule has 0 saturated heterocycles. The summed E-state index contributed by atoms with van der Waals surface area (Å²) in [5.41, 5.74) is 4.21. The lowest BCUT2D eigenvalue weighted by Crippen LogP contribution is -2.03. The van der Waals surface area contributed by atoms with Crippen molar-refractivity contribution in [2.75, 3.05) is 0 Å². The summed E-state index contributed by atoms with van der Waals surface area (Å²) >= 11 is 0. The molecule has 0 amide bonds. The Balaban J connectivity index is 1.61. The molecule has 1 aliphatic carbocycles. The van der Waals surface area contributed by atoms with Gasteiger partial charge in [0.1, 0.15) is 5.78 Å². The number of ketones is 1. The molecule has 0 N–H and O–H groups in total. The molecule has 2 rings (SSSR count). The smallest absolute Gasteiger partial charge is 0.137 e. The first kappa shape index (κ1) is 16.3. The molecule has 0 aromatic heterocycles. The lowest BCUT2D eigenvalue weighted by Gasteiger charge is -2.05. The van der Waals surface area contributed by atoms with Gasteiger partial charge in [-0.05, 0) is 42.4 Å². The van der Waals surface area contributed by atoms with Crippen LogP contribution in [0, 0.1) is 0 Å². The third kappa shape index (κ3) is 5.65. The largest absolute Gasteiger partial charge is 0.299 e. The Morgan fingerprint density at radius 1 is 0.952 bits per heavy atom. The first-order chi connectivity index (χ1) is 10.3. The van der Waals surface area contributed by atoms with Crippen LogP contribution >= 0.6 is 0 Å². The number of fused-ring (bicyclic) bond motifs is 1. The van der Waals surface area contributed by atoms with E-state index in [9.17, 15) is 4.79 Å². The number of aryl methyl sites for hydroxylation is 2. The molecule has 0 unspecified atom stereocenters. The molecule has 0 fully saturated rings. The Morgan fingerprint density at radius 2 is 1.67 bits per heavy atom. The summed E-state index contributed by atoms with van der Waals surface area (Å²) in [6.07, 6.45) is 14.1. The highest BCUT2D eigenvalue weighted by atomic mass is 16.1. The summed E-state index contributed by atoms with van der Waals surface area (Å²) in [7, 11) is 0. The number of rotatable bonds is 10. The van der Waals surface area contributed by atoms with Gasteiger partial charge in [-0.25, -0.2) is 0 Å². The van der Waals surface area contributed by atoms with Gasteiger partial charge in [-0.15, -0.1) is 0 Å². The van der Waals surface area contributed by atoms with E-state index in [0.29, 0.717) is 12.2 Å². The fourth-order valence-corrected chi connectivity index (χ4v) is 3.33. The Labute approximate surface area is 130 Å². The molecule has 0 radical (unpaired) electrons. The molecule has 0 atom stereocenters. The number of hydrogen-bond acceptors (Lipinski definition) is 1. The van der Waals surface area contributed by atoms with E-state index < -0.39 is 0 Å². The van der Waals surface area contributed by atoms with E-state index in [2.05, 4.69) is 25.1 Å². The monoisotopic (exact) mass is 286 g/mol. The molecule has 1 nitrogen and oxygen atoms in total. The third-order valence-electron chi connectivity index (χ3n) is 4.62. The van der Waals surface area contributed by atoms with Gasteiger partial charge in [-0.1, -0.05) is 63.6 Å². The van der Waals surface area contributed by atoms with Crippen molar-refractivity contribution in [2.45, 2.75) is 84.0 Å². The molecule has 21 heavy (non-hydrogen) atoms. The zero-order chi connectivity index (χ0) is 14.9. The Hall–Kier alpha value is -1.11. The highest BCUT2D eigenvalue weighted by Crippen LogP contribution is 2.23. The second-order valence-corrected chi connectivity index (χ2v) is 6.54. The highest BCUT2D eigenvalue weighted by molar-refractivity contribution is 5.80. The van der Waals surface area contributed by atoms with Crippen LogP contribution in [-0.4, -0.2) is 5.78 Å². The van der Waals surface area contributed by atoms with Crippen LogP contribution in [0.25, 0.3) is 0 Å². The number of benzene rings is 1. The van der Waals surface area contributed by atoms with Crippen LogP contribution in [0.2, 0.25) is 0 Å². The van der Waals surface area contributed by atoms with Crippen LogP contribution in [0.15, 0.2) is 18.2 Å². The molecule has 1 heteroatoms. The first-order valence-corrected chi connectivity index (χ1v) is 8.92. The quantitative estimate of drug-likeness (QED) is 0.524. The van der Waals surface area contributed by atoms with Gasteiger partial charge in [0.2, 0.25) is 0 Å². The molecular weight excluding hydrogens is 256 g/mol. The molecule has 0 bridgehead atoms. The lowest BCUT2D eigenvalue weighted by molar-refractivity contribution is -0.118. The van der Waals surface area contributed by atoms with E-state index >= 15 is 0 Å². The van der Waals surface area contributed by atoms with E-state index in [1.54, 1.807) is 0 Å². The molecule has 0 spiro atoms. The fraction of sp³-hybridized carbons (Fsp3) is 0.650. The van der Waals surface area contributed by atoms with Gasteiger partial charge in [0, 0.05) is 12.8 Å². The normalized spacial score (nSPS) is 13.4. The van der Waals surface area contributed by atoms with E-state index in [4.69, 9.17) is 0 Å². The molecule has 1 aromatic carbocycles. The van der Waals surface area contributed by atoms with Crippen molar-refractivity contribution in [1.29, 1.82) is 0 Å². The summed E-state index contributed by atoms with van der Waals surface area (Å²) in [5.74, 6) is 0.418. The summed E-state index contributed by atoms with van der Waals surface area (Å²) in [6, 6.07) is 6.66. The van der Waals surface area contributed by atoms with Crippen LogP contribution in [0.5, 0.6) is 0 Å². The number of hydrogen-bond donors (Lipinski definition) is 0. The van der Waals surface area contributed by atoms with Crippen molar-refractivity contribution >= 4 is 5.78 Å². The van der Waals surface area contributed by atoms with Crippen molar-refractivity contribution in [3.8, 4) is 0 Å². The van der Waals surface area contributed by atoms with E-state index in [1.807, 2.05) is 0 Å². The molecule has 1 aromatic rings. The second kappa shape index (κ2) is 9.02. The van der Waals surface area contributed by atoms with Gasteiger partial charge in [0.15, 0.2) is 0 Å². The molecule has 116 valence electrons. The van der Waals surface area contributed by atoms with Crippen molar-refractivity contribution in [3.05, 3.63) is 34.9 Å². The lowest BCUT2D eigenvalue weighted by atomic mass is 10.00. The van der Waals surface area contributed by atoms with Crippen molar-refractivity contribution in [3.63, 3.8) is 0 Å². The van der Waals surface area contributed by atoms with Crippen molar-refractivity contribution < 1.29 is 4.79 Å². The summed E-state index contributed by atoms with van der Waals surface area (Å²) in [5, 5.41) is 0. The van der Waals surface area contributed by atoms with Crippen LogP contribution in [0.3, 0.4) is 0 Å². The fourth-order valence-electron chi connectivity index (χ4n) is 3.33. The Kier molecular flexibility index (Phi) is 6.99. The number of unbranched alkanes of at least 4 members (excludes halogenated alkanes) is 6. The zero-order valence-electron chi connectivity index (χ0n) is 13.6. The van der Waals surface area contributed by atoms with Crippen molar-refractivity contribution in [1.82, 2.24) is 0 Å². The SMILES string of the molecule is CCCCCCCCCC(=O)Cc1ccc2c(c1)CCC2. The topological polar surface area (TPSA) is 17.1 Å². The number of Topliss-reactive ketones (excluding diaryl/α,β-unsaturated/α-hetero) is 1. The Bertz CT molecular complexity index is 447. The number of carbonyl (C=O) groups is 1. The molecular formula is C20H30O. The van der Waals surface area contributed by atoms with E-state index in [-0.39, 0.29) is 0 Å². The van der Waals surface area contributed by atoms with Crippen molar-refractivity contribution in [2.24, 2.45) is 0 Å². The van der Waals surface area contributed by atoms with Crippen LogP contribution in [0.4, 0.5) is 0 Å². The van der Waals surface area contributed by atoms with Crippen LogP contribution < -0.4 is 0 Å². The summed E-state index contributed by atoms with van der Waals surface area (Å²) in [4.78, 5) is 12.0. The van der Waals surface area contributed by atoms with Gasteiger partial charge in [0.05, 0.1) is 0 Å². The maximum Gasteiger partial charge on any atom is 0.137 e. The average molecular weight is 286 g/mol. The maximum atomic E-state index is 12.0. The standard InChI is InChI=1S/C20H30O/c1-2-3-4-5-6-7-8-12-20(21)16-17-13-14-18-10-9-11-19(18)15-17/h13-15H,2-12,16H2,1H3. The predicted molar refractivity (Wildman–Crippen MR) is 89.8 cm³/mol. The zero-order valence-corrected chi connectivity index (χ0v) is 13.6. The van der Waals surface area contributed by atoms with Gasteiger partial charge in [0.25, 0.3) is 0 Å². The summed E-state index contributed by atoms with van der Waals surface area (Å²) < 4.78 is 0. The van der Waals surface area contributed by atoms with Gasteiger partial charge >= 0.3 is 0 Å². The van der Waals surface area contributed by atoms with Crippen LogP contribution in [-0.2, 0) is 24.1 Å². The Morgan fingerprint density at radius 3 is 2.48 bits per heavy atom. The number of carbonyl (C=O) groups excluding carboxylic acids is 1. The van der Waals surface area contributed by atoms with Crippen LogP contribution in [0.1, 0.15) is 81.4 Å². The predicted octanol–water partition coefficient (Wildman–Crippen LogP) is 5.43. The van der Waals surface area contributed by atoms with Gasteiger partial charge in [-0.3, -0.25) is 4.79 Å². The highest BCUT2D eigenvalue weighted by Gasteiger charge is 2.12. The van der Waals surface area contributed by atoms with E-state index in [1.165, 1.54) is 74.5 Å². The third-order valence-corrected chi connectivity index (χ3v) is 4.62. The summed E-state index contributed by atoms with van der Waals surface area (Å²) in [6.45, 7) is 2.25. The maximum absolute atomic E-state index is 12.0. The average Bonchev–Trinajstić information content (AvgIpc) is 2.94. The minimum atomic E-state index is 0.418. The minimum Gasteiger partial charge on any atom is -0.299 e.